The van der Waals surface area contributed by atoms with E-state index in [9.17, 15) is 31.2 Å². The van der Waals surface area contributed by atoms with Crippen LogP contribution in [0.4, 0.5) is 4.79 Å². The van der Waals surface area contributed by atoms with Crippen molar-refractivity contribution in [2.75, 3.05) is 50.8 Å². The molecule has 16 heteroatoms. The molecule has 1 N–H and O–H groups in total. The Morgan fingerprint density at radius 2 is 1.13 bits per heavy atom. The SMILES string of the molecule is CCCS(=O)(=O)n1c2c(c3cc(C(=O)N4CCC(C)CC4)ccc31)CN(C(=O)OC(C)(C)C)CC2.CCCS(=O)(=O)n1c2c(c3cc(C(=O)N4CCC(C)CC4)ccc31)CNCC2. The standard InChI is InChI=1S/C26H37N3O5S.C21H29N3O3S/c1-6-15-35(32,33)29-22-8-7-19(24(30)27-12-9-18(2)10-13-27)16-20(22)21-17-28(14-11-23(21)29)25(31)34-26(3,4)5;1-3-12-28(26,27)24-19-5-4-16(21(25)23-10-7-15(2)8-11-23)13-17(19)18-14-22-9-6-20(18)24/h7-8,16,18H,6,9-15,17H2,1-5H3;4-5,13,15,22H,3,6-12,14H2,1-2H3. The number of hydrogen-bond donors (Lipinski definition) is 1. The lowest BCUT2D eigenvalue weighted by Crippen LogP contribution is -2.40. The average Bonchev–Trinajstić information content (AvgIpc) is 3.76. The third-order valence-corrected chi connectivity index (χ3v) is 16.6. The Hall–Kier alpha value is -4.41. The zero-order valence-electron chi connectivity index (χ0n) is 38.2. The first-order valence-electron chi connectivity index (χ1n) is 22.9. The van der Waals surface area contributed by atoms with E-state index in [2.05, 4.69) is 19.2 Å². The number of carbonyl (C=O) groups excluding carboxylic acids is 3. The monoisotopic (exact) mass is 906 g/mol. The maximum atomic E-state index is 13.3. The first-order chi connectivity index (χ1) is 29.8. The van der Waals surface area contributed by atoms with Gasteiger partial charge in [-0.2, -0.15) is 0 Å². The smallest absolute Gasteiger partial charge is 0.410 e. The van der Waals surface area contributed by atoms with E-state index in [0.29, 0.717) is 83.8 Å². The van der Waals surface area contributed by atoms with Gasteiger partial charge in [0.05, 0.1) is 29.1 Å². The van der Waals surface area contributed by atoms with Crippen LogP contribution in [0.15, 0.2) is 36.4 Å². The first kappa shape index (κ1) is 46.6. The molecule has 0 unspecified atom stereocenters. The van der Waals surface area contributed by atoms with Gasteiger partial charge in [0, 0.05) is 97.5 Å². The number of piperidine rings is 2. The Balaban J connectivity index is 0.000000193. The molecule has 0 radical (unpaired) electrons. The van der Waals surface area contributed by atoms with Crippen molar-refractivity contribution in [3.8, 4) is 0 Å². The normalized spacial score (nSPS) is 17.9. The molecule has 2 fully saturated rings. The van der Waals surface area contributed by atoms with Gasteiger partial charge in [-0.1, -0.05) is 27.7 Å². The number of aromatic nitrogens is 2. The van der Waals surface area contributed by atoms with Crippen molar-refractivity contribution < 1.29 is 36.0 Å². The van der Waals surface area contributed by atoms with Crippen LogP contribution in [-0.4, -0.2) is 114 Å². The van der Waals surface area contributed by atoms with Crippen molar-refractivity contribution in [1.29, 1.82) is 0 Å². The maximum Gasteiger partial charge on any atom is 0.410 e. The second-order valence-electron chi connectivity index (χ2n) is 19.0. The molecule has 3 amide bonds. The quantitative estimate of drug-likeness (QED) is 0.194. The summed E-state index contributed by atoms with van der Waals surface area (Å²) in [5.41, 5.74) is 5.21. The van der Waals surface area contributed by atoms with Gasteiger partial charge in [0.25, 0.3) is 11.8 Å². The highest BCUT2D eigenvalue weighted by molar-refractivity contribution is 7.90. The molecule has 0 spiro atoms. The van der Waals surface area contributed by atoms with Crippen LogP contribution in [0.1, 0.15) is 130 Å². The predicted octanol–water partition coefficient (Wildman–Crippen LogP) is 7.14. The number of ether oxygens (including phenoxy) is 1. The van der Waals surface area contributed by atoms with Gasteiger partial charge in [-0.25, -0.2) is 29.6 Å². The summed E-state index contributed by atoms with van der Waals surface area (Å²) in [6.45, 7) is 18.7. The van der Waals surface area contributed by atoms with Crippen molar-refractivity contribution in [3.63, 3.8) is 0 Å². The Labute approximate surface area is 373 Å². The Kier molecular flexibility index (Phi) is 13.7. The van der Waals surface area contributed by atoms with E-state index in [-0.39, 0.29) is 29.9 Å². The minimum atomic E-state index is -3.57. The lowest BCUT2D eigenvalue weighted by Gasteiger charge is -2.31. The summed E-state index contributed by atoms with van der Waals surface area (Å²) in [5, 5.41) is 4.94. The van der Waals surface area contributed by atoms with Crippen LogP contribution >= 0.6 is 0 Å². The fourth-order valence-corrected chi connectivity index (χ4v) is 12.8. The molecule has 4 aliphatic rings. The van der Waals surface area contributed by atoms with Crippen LogP contribution in [0, 0.1) is 11.8 Å². The van der Waals surface area contributed by atoms with E-state index >= 15 is 0 Å². The molecular formula is C47H66N6O8S2. The Morgan fingerprint density at radius 1 is 0.667 bits per heavy atom. The van der Waals surface area contributed by atoms with E-state index in [1.54, 1.807) is 27.1 Å². The van der Waals surface area contributed by atoms with Gasteiger partial charge in [0.2, 0.25) is 20.0 Å². The number of amides is 3. The maximum absolute atomic E-state index is 13.3. The third kappa shape index (κ3) is 9.82. The van der Waals surface area contributed by atoms with Crippen LogP contribution < -0.4 is 5.32 Å². The molecule has 344 valence electrons. The van der Waals surface area contributed by atoms with Gasteiger partial charge in [-0.15, -0.1) is 0 Å². The minimum Gasteiger partial charge on any atom is -0.444 e. The number of hydrogen-bond acceptors (Lipinski definition) is 9. The molecule has 0 saturated carbocycles. The molecular weight excluding hydrogens is 841 g/mol. The second-order valence-corrected chi connectivity index (χ2v) is 22.9. The van der Waals surface area contributed by atoms with Crippen molar-refractivity contribution in [1.82, 2.24) is 28.0 Å². The largest absolute Gasteiger partial charge is 0.444 e. The van der Waals surface area contributed by atoms with Crippen LogP contribution in [0.2, 0.25) is 0 Å². The zero-order valence-corrected chi connectivity index (χ0v) is 39.8. The number of carbonyl (C=O) groups is 3. The minimum absolute atomic E-state index is 0.0310. The number of likely N-dealkylation sites (tertiary alicyclic amines) is 2. The Bertz CT molecular complexity index is 2590. The molecule has 0 aliphatic carbocycles. The molecule has 0 atom stereocenters. The van der Waals surface area contributed by atoms with E-state index in [1.165, 1.54) is 3.97 Å². The van der Waals surface area contributed by atoms with Crippen LogP contribution in [0.5, 0.6) is 0 Å². The fraction of sp³-hybridized carbons (Fsp3) is 0.596. The topological polar surface area (TPSA) is 160 Å². The highest BCUT2D eigenvalue weighted by atomic mass is 32.2. The molecule has 4 aromatic rings. The van der Waals surface area contributed by atoms with Crippen molar-refractivity contribution in [2.45, 2.75) is 119 Å². The van der Waals surface area contributed by atoms with E-state index in [4.69, 9.17) is 4.74 Å². The summed E-state index contributed by atoms with van der Waals surface area (Å²) in [6, 6.07) is 10.8. The first-order valence-corrected chi connectivity index (χ1v) is 26.1. The van der Waals surface area contributed by atoms with Gasteiger partial charge < -0.3 is 24.8 Å². The fourth-order valence-electron chi connectivity index (χ4n) is 9.44. The predicted molar refractivity (Wildman–Crippen MR) is 247 cm³/mol. The van der Waals surface area contributed by atoms with Crippen molar-refractivity contribution >= 4 is 59.8 Å². The van der Waals surface area contributed by atoms with Crippen LogP contribution in [0.3, 0.4) is 0 Å². The zero-order chi connectivity index (χ0) is 45.4. The van der Waals surface area contributed by atoms with Gasteiger partial charge in [-0.05, 0) is 113 Å². The number of fused-ring (bicyclic) bond motifs is 6. The van der Waals surface area contributed by atoms with Gasteiger partial charge in [0.15, 0.2) is 0 Å². The number of nitrogens with zero attached hydrogens (tertiary/aromatic N) is 5. The Morgan fingerprint density at radius 3 is 1.59 bits per heavy atom. The molecule has 2 saturated heterocycles. The summed E-state index contributed by atoms with van der Waals surface area (Å²) < 4.78 is 61.0. The summed E-state index contributed by atoms with van der Waals surface area (Å²) in [6.07, 6.45) is 5.80. The van der Waals surface area contributed by atoms with Crippen molar-refractivity contribution in [3.05, 3.63) is 70.0 Å². The third-order valence-electron chi connectivity index (χ3n) is 12.8. The lowest BCUT2D eigenvalue weighted by atomic mass is 9.98. The molecule has 63 heavy (non-hydrogen) atoms. The number of benzene rings is 2. The van der Waals surface area contributed by atoms with Gasteiger partial charge in [0.1, 0.15) is 5.60 Å². The molecule has 6 heterocycles. The lowest BCUT2D eigenvalue weighted by molar-refractivity contribution is 0.0224. The summed E-state index contributed by atoms with van der Waals surface area (Å²) in [4.78, 5) is 44.5. The van der Waals surface area contributed by atoms with Gasteiger partial charge >= 0.3 is 6.09 Å². The van der Waals surface area contributed by atoms with E-state index in [0.717, 1.165) is 80.6 Å². The molecule has 2 aromatic heterocycles. The summed E-state index contributed by atoms with van der Waals surface area (Å²) in [7, 11) is -6.98. The van der Waals surface area contributed by atoms with E-state index in [1.807, 2.05) is 62.6 Å². The molecule has 2 aromatic carbocycles. The van der Waals surface area contributed by atoms with Crippen LogP contribution in [0.25, 0.3) is 21.8 Å². The molecule has 0 bridgehead atoms. The average molecular weight is 907 g/mol. The van der Waals surface area contributed by atoms with E-state index < -0.39 is 31.7 Å². The molecule has 8 rings (SSSR count). The number of nitrogens with one attached hydrogen (secondary N) is 1. The highest BCUT2D eigenvalue weighted by Gasteiger charge is 2.34. The summed E-state index contributed by atoms with van der Waals surface area (Å²) in [5.74, 6) is 1.47. The van der Waals surface area contributed by atoms with Crippen molar-refractivity contribution in [2.24, 2.45) is 11.8 Å². The van der Waals surface area contributed by atoms with Gasteiger partial charge in [-0.3, -0.25) is 9.59 Å². The second kappa shape index (κ2) is 18.6. The summed E-state index contributed by atoms with van der Waals surface area (Å²) >= 11 is 0. The molecule has 4 aliphatic heterocycles. The number of rotatable bonds is 8. The van der Waals surface area contributed by atoms with Crippen LogP contribution in [-0.2, 0) is 50.7 Å². The molecule has 14 nitrogen and oxygen atoms in total. The highest BCUT2D eigenvalue weighted by Crippen LogP contribution is 2.35.